The van der Waals surface area contributed by atoms with E-state index in [1.807, 2.05) is 16.8 Å². The molecule has 1 aromatic heterocycles. The standard InChI is InChI=1S/C25H24F3NO3S2/c26-25(27,28)21-6-2-5-18(11-21)12-22(30)13-20-14-23(7-8-24(20)19-9-10-33-16-19)34(31,32)29-15-17-3-1-4-17/h2,5-11,14,16-17,29H,1,3-4,12-13,15H2. The molecule has 0 saturated heterocycles. The fraction of sp³-hybridized carbons (Fsp3) is 0.320. The first-order valence-electron chi connectivity index (χ1n) is 10.9. The lowest BCUT2D eigenvalue weighted by Crippen LogP contribution is -2.32. The number of rotatable bonds is 9. The number of Topliss-reactive ketones (excluding diaryl/α,β-unsaturated/α-hetero) is 1. The Balaban J connectivity index is 1.57. The van der Waals surface area contributed by atoms with Gasteiger partial charge < -0.3 is 0 Å². The van der Waals surface area contributed by atoms with E-state index >= 15 is 0 Å². The van der Waals surface area contributed by atoms with E-state index in [0.29, 0.717) is 18.0 Å². The quantitative estimate of drug-likeness (QED) is 0.394. The number of ketones is 1. The van der Waals surface area contributed by atoms with Crippen molar-refractivity contribution in [3.05, 3.63) is 76.0 Å². The number of benzene rings is 2. The Hall–Kier alpha value is -2.49. The summed E-state index contributed by atoms with van der Waals surface area (Å²) >= 11 is 1.48. The van der Waals surface area contributed by atoms with E-state index in [2.05, 4.69) is 4.72 Å². The van der Waals surface area contributed by atoms with Crippen LogP contribution in [-0.2, 0) is 33.8 Å². The summed E-state index contributed by atoms with van der Waals surface area (Å²) in [6, 6.07) is 11.3. The number of nitrogens with one attached hydrogen (secondary N) is 1. The zero-order valence-electron chi connectivity index (χ0n) is 18.3. The Morgan fingerprint density at radius 3 is 2.50 bits per heavy atom. The Kier molecular flexibility index (Phi) is 7.25. The van der Waals surface area contributed by atoms with Crippen LogP contribution in [0.3, 0.4) is 0 Å². The summed E-state index contributed by atoms with van der Waals surface area (Å²) in [5.41, 5.74) is 1.59. The van der Waals surface area contributed by atoms with Gasteiger partial charge in [0, 0.05) is 19.4 Å². The average molecular weight is 508 g/mol. The molecule has 34 heavy (non-hydrogen) atoms. The number of alkyl halides is 3. The van der Waals surface area contributed by atoms with Crippen molar-refractivity contribution in [2.75, 3.05) is 6.54 Å². The lowest BCUT2D eigenvalue weighted by molar-refractivity contribution is -0.137. The molecular weight excluding hydrogens is 483 g/mol. The van der Waals surface area contributed by atoms with Crippen LogP contribution in [0.25, 0.3) is 11.1 Å². The largest absolute Gasteiger partial charge is 0.416 e. The third-order valence-corrected chi connectivity index (χ3v) is 8.15. The van der Waals surface area contributed by atoms with Crippen LogP contribution in [0.2, 0.25) is 0 Å². The molecular formula is C25H24F3NO3S2. The van der Waals surface area contributed by atoms with E-state index in [-0.39, 0.29) is 29.1 Å². The number of thiophene rings is 1. The van der Waals surface area contributed by atoms with Gasteiger partial charge in [0.1, 0.15) is 5.78 Å². The number of sulfonamides is 1. The molecule has 1 N–H and O–H groups in total. The average Bonchev–Trinajstić information content (AvgIpc) is 3.26. The molecule has 1 fully saturated rings. The van der Waals surface area contributed by atoms with Crippen LogP contribution in [0.1, 0.15) is 36.0 Å². The Labute approximate surface area is 200 Å². The summed E-state index contributed by atoms with van der Waals surface area (Å²) in [6.45, 7) is 0.387. The van der Waals surface area contributed by atoms with E-state index in [4.69, 9.17) is 0 Å². The maximum Gasteiger partial charge on any atom is 0.416 e. The number of halogens is 3. The topological polar surface area (TPSA) is 63.2 Å². The highest BCUT2D eigenvalue weighted by Crippen LogP contribution is 2.31. The summed E-state index contributed by atoms with van der Waals surface area (Å²) < 4.78 is 67.4. The fourth-order valence-electron chi connectivity index (χ4n) is 3.95. The Bertz CT molecular complexity index is 1260. The van der Waals surface area contributed by atoms with Gasteiger partial charge in [-0.1, -0.05) is 30.7 Å². The number of hydrogen-bond donors (Lipinski definition) is 1. The van der Waals surface area contributed by atoms with Crippen molar-refractivity contribution < 1.29 is 26.4 Å². The van der Waals surface area contributed by atoms with E-state index in [1.54, 1.807) is 6.07 Å². The highest BCUT2D eigenvalue weighted by molar-refractivity contribution is 7.89. The summed E-state index contributed by atoms with van der Waals surface area (Å²) in [4.78, 5) is 12.9. The number of carbonyl (C=O) groups excluding carboxylic acids is 1. The maximum atomic E-state index is 13.0. The lowest BCUT2D eigenvalue weighted by Gasteiger charge is -2.25. The zero-order valence-corrected chi connectivity index (χ0v) is 19.9. The molecule has 0 radical (unpaired) electrons. The second-order valence-corrected chi connectivity index (χ2v) is 11.1. The van der Waals surface area contributed by atoms with E-state index in [1.165, 1.54) is 35.6 Å². The first-order chi connectivity index (χ1) is 16.1. The van der Waals surface area contributed by atoms with E-state index < -0.39 is 21.8 Å². The minimum atomic E-state index is -4.49. The molecule has 0 spiro atoms. The second kappa shape index (κ2) is 10.0. The van der Waals surface area contributed by atoms with Gasteiger partial charge in [-0.15, -0.1) is 0 Å². The highest BCUT2D eigenvalue weighted by atomic mass is 32.2. The molecule has 1 aliphatic rings. The molecule has 0 atom stereocenters. The van der Waals surface area contributed by atoms with Crippen LogP contribution >= 0.6 is 11.3 Å². The lowest BCUT2D eigenvalue weighted by atomic mass is 9.86. The number of hydrogen-bond acceptors (Lipinski definition) is 4. The van der Waals surface area contributed by atoms with Gasteiger partial charge in [-0.2, -0.15) is 24.5 Å². The van der Waals surface area contributed by atoms with Crippen molar-refractivity contribution in [3.63, 3.8) is 0 Å². The van der Waals surface area contributed by atoms with Gasteiger partial charge in [-0.05, 0) is 76.0 Å². The molecule has 2 aromatic carbocycles. The van der Waals surface area contributed by atoms with Crippen LogP contribution in [-0.4, -0.2) is 20.7 Å². The Morgan fingerprint density at radius 1 is 1.06 bits per heavy atom. The molecule has 0 unspecified atom stereocenters. The van der Waals surface area contributed by atoms with Gasteiger partial charge in [0.15, 0.2) is 0 Å². The van der Waals surface area contributed by atoms with Gasteiger partial charge in [-0.3, -0.25) is 4.79 Å². The summed E-state index contributed by atoms with van der Waals surface area (Å²) in [5, 5.41) is 3.79. The second-order valence-electron chi connectivity index (χ2n) is 8.57. The summed E-state index contributed by atoms with van der Waals surface area (Å²) in [6.07, 6.45) is -1.62. The van der Waals surface area contributed by atoms with Crippen LogP contribution in [0.4, 0.5) is 13.2 Å². The highest BCUT2D eigenvalue weighted by Gasteiger charge is 2.30. The number of carbonyl (C=O) groups is 1. The molecule has 180 valence electrons. The molecule has 9 heteroatoms. The predicted octanol–water partition coefficient (Wildman–Crippen LogP) is 5.87. The van der Waals surface area contributed by atoms with E-state index in [0.717, 1.165) is 42.5 Å². The summed E-state index contributed by atoms with van der Waals surface area (Å²) in [7, 11) is -3.74. The molecule has 0 aliphatic heterocycles. The smallest absolute Gasteiger partial charge is 0.299 e. The van der Waals surface area contributed by atoms with Gasteiger partial charge in [-0.25, -0.2) is 13.1 Å². The molecule has 0 amide bonds. The van der Waals surface area contributed by atoms with E-state index in [9.17, 15) is 26.4 Å². The van der Waals surface area contributed by atoms with Crippen molar-refractivity contribution in [1.29, 1.82) is 0 Å². The molecule has 4 rings (SSSR count). The van der Waals surface area contributed by atoms with Crippen LogP contribution in [0.5, 0.6) is 0 Å². The Morgan fingerprint density at radius 2 is 1.85 bits per heavy atom. The molecule has 0 bridgehead atoms. The maximum absolute atomic E-state index is 13.0. The van der Waals surface area contributed by atoms with Crippen LogP contribution in [0.15, 0.2) is 64.2 Å². The van der Waals surface area contributed by atoms with Crippen LogP contribution in [0, 0.1) is 5.92 Å². The summed E-state index contributed by atoms with van der Waals surface area (Å²) in [5.74, 6) is 0.0566. The zero-order chi connectivity index (χ0) is 24.3. The van der Waals surface area contributed by atoms with Crippen molar-refractivity contribution in [3.8, 4) is 11.1 Å². The van der Waals surface area contributed by atoms with Gasteiger partial charge in [0.05, 0.1) is 10.5 Å². The predicted molar refractivity (Wildman–Crippen MR) is 126 cm³/mol. The molecule has 1 aliphatic carbocycles. The van der Waals surface area contributed by atoms with Gasteiger partial charge >= 0.3 is 6.18 Å². The van der Waals surface area contributed by atoms with Crippen molar-refractivity contribution in [2.24, 2.45) is 5.92 Å². The third-order valence-electron chi connectivity index (χ3n) is 6.05. The van der Waals surface area contributed by atoms with Crippen molar-refractivity contribution >= 4 is 27.1 Å². The first kappa shape index (κ1) is 24.6. The van der Waals surface area contributed by atoms with Crippen molar-refractivity contribution in [2.45, 2.75) is 43.2 Å². The monoisotopic (exact) mass is 507 g/mol. The molecule has 1 heterocycles. The molecule has 4 nitrogen and oxygen atoms in total. The minimum absolute atomic E-state index is 0.0765. The third kappa shape index (κ3) is 5.95. The first-order valence-corrected chi connectivity index (χ1v) is 13.4. The van der Waals surface area contributed by atoms with Gasteiger partial charge in [0.2, 0.25) is 10.0 Å². The van der Waals surface area contributed by atoms with Gasteiger partial charge in [0.25, 0.3) is 0 Å². The fourth-order valence-corrected chi connectivity index (χ4v) is 5.77. The minimum Gasteiger partial charge on any atom is -0.299 e. The normalized spacial score (nSPS) is 14.7. The SMILES string of the molecule is O=C(Cc1cccc(C(F)(F)F)c1)Cc1cc(S(=O)(=O)NCC2CCC2)ccc1-c1ccsc1. The molecule has 3 aromatic rings. The molecule has 1 saturated carbocycles. The van der Waals surface area contributed by atoms with Crippen LogP contribution < -0.4 is 4.72 Å². The van der Waals surface area contributed by atoms with Crippen molar-refractivity contribution in [1.82, 2.24) is 4.72 Å².